The number of thiazole rings is 1. The van der Waals surface area contributed by atoms with Gasteiger partial charge in [0.1, 0.15) is 15.1 Å². The zero-order valence-corrected chi connectivity index (χ0v) is 12.6. The number of ether oxygens (including phenoxy) is 1. The minimum atomic E-state index is -0.118. The van der Waals surface area contributed by atoms with Gasteiger partial charge < -0.3 is 15.4 Å². The summed E-state index contributed by atoms with van der Waals surface area (Å²) in [5, 5.41) is 6.83. The van der Waals surface area contributed by atoms with Crippen LogP contribution in [0, 0.1) is 0 Å². The second-order valence-corrected chi connectivity index (χ2v) is 5.75. The van der Waals surface area contributed by atoms with Crippen LogP contribution in [0.15, 0.2) is 24.4 Å². The number of nitrogens with one attached hydrogen (secondary N) is 2. The molecule has 0 aliphatic rings. The van der Waals surface area contributed by atoms with Crippen molar-refractivity contribution in [1.29, 1.82) is 0 Å². The third-order valence-corrected chi connectivity index (χ3v) is 3.59. The Bertz CT molecular complexity index is 615. The molecule has 5 nitrogen and oxygen atoms in total. The number of aromatic nitrogens is 1. The van der Waals surface area contributed by atoms with Crippen molar-refractivity contribution in [2.45, 2.75) is 13.5 Å². The molecule has 0 saturated heterocycles. The molecule has 0 aliphatic heterocycles. The standard InChI is InChI=1S/C13H14ClN3O2S/c1-8(18)17-9-3-4-11(19-2)10(5-9)15-7-13-16-6-12(14)20-13/h3-6,15H,7H2,1-2H3,(H,17,18). The van der Waals surface area contributed by atoms with Crippen LogP contribution >= 0.6 is 22.9 Å². The number of rotatable bonds is 5. The lowest BCUT2D eigenvalue weighted by Gasteiger charge is -2.12. The Morgan fingerprint density at radius 3 is 2.90 bits per heavy atom. The lowest BCUT2D eigenvalue weighted by Crippen LogP contribution is -2.07. The van der Waals surface area contributed by atoms with E-state index in [1.165, 1.54) is 18.3 Å². The van der Waals surface area contributed by atoms with Crippen LogP contribution in [0.2, 0.25) is 4.34 Å². The van der Waals surface area contributed by atoms with E-state index in [1.807, 2.05) is 6.07 Å². The summed E-state index contributed by atoms with van der Waals surface area (Å²) in [5.41, 5.74) is 1.49. The van der Waals surface area contributed by atoms with Gasteiger partial charge in [-0.2, -0.15) is 0 Å². The summed E-state index contributed by atoms with van der Waals surface area (Å²) in [5.74, 6) is 0.578. The Morgan fingerprint density at radius 1 is 1.50 bits per heavy atom. The predicted molar refractivity (Wildman–Crippen MR) is 81.7 cm³/mol. The molecule has 1 aromatic heterocycles. The molecule has 1 heterocycles. The van der Waals surface area contributed by atoms with Crippen LogP contribution in [0.5, 0.6) is 5.75 Å². The lowest BCUT2D eigenvalue weighted by atomic mass is 10.2. The molecular formula is C13H14ClN3O2S. The van der Waals surface area contributed by atoms with Gasteiger partial charge in [0, 0.05) is 12.6 Å². The molecule has 2 N–H and O–H groups in total. The van der Waals surface area contributed by atoms with Crippen molar-refractivity contribution in [3.8, 4) is 5.75 Å². The van der Waals surface area contributed by atoms with Crippen molar-refractivity contribution < 1.29 is 9.53 Å². The fourth-order valence-electron chi connectivity index (χ4n) is 1.67. The van der Waals surface area contributed by atoms with Gasteiger partial charge in [-0.1, -0.05) is 11.6 Å². The highest BCUT2D eigenvalue weighted by Gasteiger charge is 2.07. The van der Waals surface area contributed by atoms with E-state index in [0.29, 0.717) is 22.3 Å². The maximum absolute atomic E-state index is 11.1. The first-order chi connectivity index (χ1) is 9.58. The molecule has 2 aromatic rings. The number of benzene rings is 1. The Morgan fingerprint density at radius 2 is 2.30 bits per heavy atom. The molecular weight excluding hydrogens is 298 g/mol. The normalized spacial score (nSPS) is 10.2. The molecule has 0 fully saturated rings. The average molecular weight is 312 g/mol. The van der Waals surface area contributed by atoms with Crippen molar-refractivity contribution in [3.63, 3.8) is 0 Å². The summed E-state index contributed by atoms with van der Waals surface area (Å²) in [6.07, 6.45) is 1.62. The number of nitrogens with zero attached hydrogens (tertiary/aromatic N) is 1. The van der Waals surface area contributed by atoms with E-state index >= 15 is 0 Å². The SMILES string of the molecule is COc1ccc(NC(C)=O)cc1NCc1ncc(Cl)s1. The first kappa shape index (κ1) is 14.6. The van der Waals surface area contributed by atoms with E-state index in [-0.39, 0.29) is 5.91 Å². The topological polar surface area (TPSA) is 63.2 Å². The van der Waals surface area contributed by atoms with E-state index in [0.717, 1.165) is 10.7 Å². The van der Waals surface area contributed by atoms with Crippen molar-refractivity contribution >= 4 is 40.2 Å². The number of methoxy groups -OCH3 is 1. The molecule has 0 saturated carbocycles. The average Bonchev–Trinajstić information content (AvgIpc) is 2.82. The van der Waals surface area contributed by atoms with Crippen molar-refractivity contribution in [2.75, 3.05) is 17.7 Å². The van der Waals surface area contributed by atoms with Gasteiger partial charge in [-0.3, -0.25) is 4.79 Å². The highest BCUT2D eigenvalue weighted by Crippen LogP contribution is 2.29. The summed E-state index contributed by atoms with van der Waals surface area (Å²) >= 11 is 7.26. The van der Waals surface area contributed by atoms with Gasteiger partial charge in [0.15, 0.2) is 0 Å². The highest BCUT2D eigenvalue weighted by molar-refractivity contribution is 7.15. The molecule has 106 valence electrons. The maximum Gasteiger partial charge on any atom is 0.221 e. The smallest absolute Gasteiger partial charge is 0.221 e. The van der Waals surface area contributed by atoms with Gasteiger partial charge in [-0.05, 0) is 18.2 Å². The van der Waals surface area contributed by atoms with Crippen LogP contribution in [0.3, 0.4) is 0 Å². The van der Waals surface area contributed by atoms with Crippen LogP contribution in [-0.4, -0.2) is 18.0 Å². The van der Waals surface area contributed by atoms with Crippen LogP contribution in [0.4, 0.5) is 11.4 Å². The zero-order valence-electron chi connectivity index (χ0n) is 11.1. The Kier molecular flexibility index (Phi) is 4.81. The number of anilines is 2. The largest absolute Gasteiger partial charge is 0.495 e. The molecule has 0 atom stereocenters. The van der Waals surface area contributed by atoms with Crippen LogP contribution in [0.1, 0.15) is 11.9 Å². The number of hydrogen-bond acceptors (Lipinski definition) is 5. The number of amides is 1. The molecule has 7 heteroatoms. The van der Waals surface area contributed by atoms with Crippen LogP contribution in [0.25, 0.3) is 0 Å². The van der Waals surface area contributed by atoms with E-state index in [1.54, 1.807) is 25.4 Å². The minimum absolute atomic E-state index is 0.118. The zero-order chi connectivity index (χ0) is 14.5. The fraction of sp³-hybridized carbons (Fsp3) is 0.231. The lowest BCUT2D eigenvalue weighted by molar-refractivity contribution is -0.114. The molecule has 2 rings (SSSR count). The van der Waals surface area contributed by atoms with Crippen LogP contribution in [-0.2, 0) is 11.3 Å². The molecule has 0 unspecified atom stereocenters. The molecule has 1 aromatic carbocycles. The first-order valence-corrected chi connectivity index (χ1v) is 7.07. The molecule has 0 bridgehead atoms. The van der Waals surface area contributed by atoms with Crippen molar-refractivity contribution in [1.82, 2.24) is 4.98 Å². The minimum Gasteiger partial charge on any atom is -0.495 e. The summed E-state index contributed by atoms with van der Waals surface area (Å²) in [6, 6.07) is 5.39. The number of hydrogen-bond donors (Lipinski definition) is 2. The summed E-state index contributed by atoms with van der Waals surface area (Å²) in [7, 11) is 1.60. The molecule has 20 heavy (non-hydrogen) atoms. The van der Waals surface area contributed by atoms with Gasteiger partial charge in [0.25, 0.3) is 0 Å². The fourth-order valence-corrected chi connectivity index (χ4v) is 2.56. The molecule has 0 radical (unpaired) electrons. The predicted octanol–water partition coefficient (Wildman–Crippen LogP) is 3.38. The quantitative estimate of drug-likeness (QED) is 0.888. The molecule has 0 spiro atoms. The van der Waals surface area contributed by atoms with Crippen LogP contribution < -0.4 is 15.4 Å². The van der Waals surface area contributed by atoms with Gasteiger partial charge >= 0.3 is 0 Å². The van der Waals surface area contributed by atoms with E-state index < -0.39 is 0 Å². The summed E-state index contributed by atoms with van der Waals surface area (Å²) in [4.78, 5) is 15.2. The Balaban J connectivity index is 2.13. The van der Waals surface area contributed by atoms with Gasteiger partial charge in [-0.25, -0.2) is 4.98 Å². The number of halogens is 1. The summed E-state index contributed by atoms with van der Waals surface area (Å²) < 4.78 is 5.93. The van der Waals surface area contributed by atoms with Gasteiger partial charge in [0.05, 0.1) is 25.5 Å². The monoisotopic (exact) mass is 311 g/mol. The van der Waals surface area contributed by atoms with E-state index in [2.05, 4.69) is 15.6 Å². The second kappa shape index (κ2) is 6.58. The highest BCUT2D eigenvalue weighted by atomic mass is 35.5. The van der Waals surface area contributed by atoms with E-state index in [9.17, 15) is 4.79 Å². The third-order valence-electron chi connectivity index (χ3n) is 2.48. The molecule has 1 amide bonds. The Labute approximate surface area is 125 Å². The number of carbonyl (C=O) groups is 1. The number of carbonyl (C=O) groups excluding carboxylic acids is 1. The third kappa shape index (κ3) is 3.85. The maximum atomic E-state index is 11.1. The van der Waals surface area contributed by atoms with Crippen molar-refractivity contribution in [2.24, 2.45) is 0 Å². The van der Waals surface area contributed by atoms with Crippen molar-refractivity contribution in [3.05, 3.63) is 33.7 Å². The van der Waals surface area contributed by atoms with E-state index in [4.69, 9.17) is 16.3 Å². The Hall–Kier alpha value is -1.79. The second-order valence-electron chi connectivity index (χ2n) is 4.01. The van der Waals surface area contributed by atoms with Gasteiger partial charge in [0.2, 0.25) is 5.91 Å². The first-order valence-electron chi connectivity index (χ1n) is 5.88. The van der Waals surface area contributed by atoms with Gasteiger partial charge in [-0.15, -0.1) is 11.3 Å². The summed E-state index contributed by atoms with van der Waals surface area (Å²) in [6.45, 7) is 2.01. The molecule has 0 aliphatic carbocycles.